The first-order chi connectivity index (χ1) is 8.09. The highest BCUT2D eigenvalue weighted by Crippen LogP contribution is 2.36. The molecule has 0 N–H and O–H groups in total. The molecule has 0 radical (unpaired) electrons. The highest BCUT2D eigenvalue weighted by molar-refractivity contribution is 5.30. The van der Waals surface area contributed by atoms with Gasteiger partial charge in [-0.3, -0.25) is 0 Å². The van der Waals surface area contributed by atoms with Gasteiger partial charge < -0.3 is 9.47 Å². The first kappa shape index (κ1) is 12.5. The third-order valence-electron chi connectivity index (χ3n) is 3.50. The molecule has 0 bridgehead atoms. The van der Waals surface area contributed by atoms with Crippen LogP contribution >= 0.6 is 0 Å². The van der Waals surface area contributed by atoms with Crippen LogP contribution in [-0.2, 0) is 15.1 Å². The lowest BCUT2D eigenvalue weighted by atomic mass is 9.85. The molecular weight excluding hydrogens is 226 g/mol. The van der Waals surface area contributed by atoms with Crippen molar-refractivity contribution in [1.29, 1.82) is 0 Å². The Bertz CT molecular complexity index is 389. The van der Waals surface area contributed by atoms with Crippen molar-refractivity contribution in [1.82, 2.24) is 0 Å². The van der Waals surface area contributed by atoms with Crippen LogP contribution in [0.5, 0.6) is 0 Å². The Hall–Kier alpha value is -1.00. The van der Waals surface area contributed by atoms with Crippen LogP contribution in [0.15, 0.2) is 12.1 Å². The van der Waals surface area contributed by atoms with Crippen LogP contribution in [0, 0.1) is 18.6 Å². The summed E-state index contributed by atoms with van der Waals surface area (Å²) in [5.41, 5.74) is -0.0101. The molecule has 0 atom stereocenters. The second-order valence-electron chi connectivity index (χ2n) is 4.38. The largest absolute Gasteiger partial charge is 0.381 e. The normalized spacial score (nSPS) is 19.3. The summed E-state index contributed by atoms with van der Waals surface area (Å²) in [6.07, 6.45) is 1.23. The minimum Gasteiger partial charge on any atom is -0.381 e. The molecule has 1 aromatic carbocycles. The topological polar surface area (TPSA) is 18.5 Å². The van der Waals surface area contributed by atoms with Gasteiger partial charge >= 0.3 is 0 Å². The van der Waals surface area contributed by atoms with E-state index in [2.05, 4.69) is 0 Å². The SMILES string of the molecule is COC1(c2cc(F)c(C)c(F)c2)CCOCC1. The van der Waals surface area contributed by atoms with E-state index in [9.17, 15) is 8.78 Å². The predicted octanol–water partition coefficient (Wildman–Crippen LogP) is 2.93. The van der Waals surface area contributed by atoms with E-state index in [-0.39, 0.29) is 5.56 Å². The first-order valence-corrected chi connectivity index (χ1v) is 5.68. The summed E-state index contributed by atoms with van der Waals surface area (Å²) in [4.78, 5) is 0. The molecule has 1 fully saturated rings. The lowest BCUT2D eigenvalue weighted by Gasteiger charge is -2.36. The molecule has 0 spiro atoms. The van der Waals surface area contributed by atoms with Crippen LogP contribution in [0.3, 0.4) is 0 Å². The fraction of sp³-hybridized carbons (Fsp3) is 0.538. The fourth-order valence-corrected chi connectivity index (χ4v) is 2.22. The highest BCUT2D eigenvalue weighted by Gasteiger charge is 2.35. The molecule has 2 rings (SSSR count). The van der Waals surface area contributed by atoms with E-state index >= 15 is 0 Å². The predicted molar refractivity (Wildman–Crippen MR) is 59.8 cm³/mol. The number of halogens is 2. The molecule has 1 saturated heterocycles. The van der Waals surface area contributed by atoms with Crippen molar-refractivity contribution in [3.8, 4) is 0 Å². The average molecular weight is 242 g/mol. The summed E-state index contributed by atoms with van der Waals surface area (Å²) in [6, 6.07) is 2.74. The van der Waals surface area contributed by atoms with Gasteiger partial charge in [-0.25, -0.2) is 8.78 Å². The number of hydrogen-bond acceptors (Lipinski definition) is 2. The van der Waals surface area contributed by atoms with Gasteiger partial charge in [-0.05, 0) is 24.6 Å². The molecule has 2 nitrogen and oxygen atoms in total. The van der Waals surface area contributed by atoms with Crippen molar-refractivity contribution in [2.75, 3.05) is 20.3 Å². The maximum atomic E-state index is 13.6. The van der Waals surface area contributed by atoms with Gasteiger partial charge in [0.2, 0.25) is 0 Å². The molecule has 0 amide bonds. The van der Waals surface area contributed by atoms with Crippen molar-refractivity contribution in [3.05, 3.63) is 34.9 Å². The van der Waals surface area contributed by atoms with E-state index in [4.69, 9.17) is 9.47 Å². The molecule has 1 aromatic rings. The molecule has 94 valence electrons. The van der Waals surface area contributed by atoms with E-state index in [1.54, 1.807) is 7.11 Å². The molecular formula is C13H16F2O2. The number of rotatable bonds is 2. The van der Waals surface area contributed by atoms with Crippen LogP contribution in [-0.4, -0.2) is 20.3 Å². The zero-order valence-corrected chi connectivity index (χ0v) is 10.1. The second-order valence-corrected chi connectivity index (χ2v) is 4.38. The minimum atomic E-state index is -0.617. The zero-order chi connectivity index (χ0) is 12.5. The van der Waals surface area contributed by atoms with Crippen molar-refractivity contribution in [3.63, 3.8) is 0 Å². The summed E-state index contributed by atoms with van der Waals surface area (Å²) < 4.78 is 37.9. The third kappa shape index (κ3) is 2.19. The van der Waals surface area contributed by atoms with Crippen LogP contribution in [0.2, 0.25) is 0 Å². The van der Waals surface area contributed by atoms with E-state index in [0.29, 0.717) is 31.6 Å². The maximum absolute atomic E-state index is 13.6. The molecule has 0 aromatic heterocycles. The zero-order valence-electron chi connectivity index (χ0n) is 10.1. The molecule has 0 unspecified atom stereocenters. The quantitative estimate of drug-likeness (QED) is 0.793. The molecule has 0 saturated carbocycles. The average Bonchev–Trinajstić information content (AvgIpc) is 2.36. The molecule has 17 heavy (non-hydrogen) atoms. The summed E-state index contributed by atoms with van der Waals surface area (Å²) in [7, 11) is 1.57. The maximum Gasteiger partial charge on any atom is 0.129 e. The number of methoxy groups -OCH3 is 1. The van der Waals surface area contributed by atoms with Gasteiger partial charge in [0.1, 0.15) is 11.6 Å². The summed E-state index contributed by atoms with van der Waals surface area (Å²) >= 11 is 0. The Morgan fingerprint density at radius 3 is 2.18 bits per heavy atom. The van der Waals surface area contributed by atoms with Crippen molar-refractivity contribution in [2.24, 2.45) is 0 Å². The third-order valence-corrected chi connectivity index (χ3v) is 3.50. The molecule has 4 heteroatoms. The standard InChI is InChI=1S/C13H16F2O2/c1-9-11(14)7-10(8-12(9)15)13(16-2)3-5-17-6-4-13/h7-8H,3-6H2,1-2H3. The molecule has 1 heterocycles. The van der Waals surface area contributed by atoms with Gasteiger partial charge in [0.15, 0.2) is 0 Å². The van der Waals surface area contributed by atoms with Gasteiger partial charge in [-0.2, -0.15) is 0 Å². The van der Waals surface area contributed by atoms with Crippen LogP contribution in [0.25, 0.3) is 0 Å². The Balaban J connectivity index is 2.43. The van der Waals surface area contributed by atoms with Gasteiger partial charge in [-0.15, -0.1) is 0 Å². The Morgan fingerprint density at radius 1 is 1.18 bits per heavy atom. The summed E-state index contributed by atoms with van der Waals surface area (Å²) in [5, 5.41) is 0. The Labute approximate surface area is 99.5 Å². The molecule has 0 aliphatic carbocycles. The van der Waals surface area contributed by atoms with E-state index in [1.165, 1.54) is 19.1 Å². The van der Waals surface area contributed by atoms with Gasteiger partial charge in [-0.1, -0.05) is 0 Å². The van der Waals surface area contributed by atoms with Crippen molar-refractivity contribution in [2.45, 2.75) is 25.4 Å². The number of hydrogen-bond donors (Lipinski definition) is 0. The Morgan fingerprint density at radius 2 is 1.71 bits per heavy atom. The lowest BCUT2D eigenvalue weighted by molar-refractivity contribution is -0.0950. The Kier molecular flexibility index (Phi) is 3.45. The highest BCUT2D eigenvalue weighted by atomic mass is 19.1. The summed E-state index contributed by atoms with van der Waals surface area (Å²) in [5.74, 6) is -1.05. The number of benzene rings is 1. The molecule has 1 aliphatic rings. The van der Waals surface area contributed by atoms with Crippen molar-refractivity contribution >= 4 is 0 Å². The lowest BCUT2D eigenvalue weighted by Crippen LogP contribution is -2.35. The number of ether oxygens (including phenoxy) is 2. The monoisotopic (exact) mass is 242 g/mol. The van der Waals surface area contributed by atoms with Crippen LogP contribution < -0.4 is 0 Å². The van der Waals surface area contributed by atoms with Gasteiger partial charge in [0.05, 0.1) is 5.60 Å². The van der Waals surface area contributed by atoms with E-state index in [0.717, 1.165) is 0 Å². The fourth-order valence-electron chi connectivity index (χ4n) is 2.22. The van der Waals surface area contributed by atoms with Gasteiger partial charge in [0.25, 0.3) is 0 Å². The van der Waals surface area contributed by atoms with E-state index < -0.39 is 17.2 Å². The van der Waals surface area contributed by atoms with Crippen LogP contribution in [0.1, 0.15) is 24.0 Å². The van der Waals surface area contributed by atoms with Gasteiger partial charge in [0, 0.05) is 38.7 Å². The first-order valence-electron chi connectivity index (χ1n) is 5.68. The minimum absolute atomic E-state index is 0.0482. The second kappa shape index (κ2) is 4.70. The van der Waals surface area contributed by atoms with E-state index in [1.807, 2.05) is 0 Å². The van der Waals surface area contributed by atoms with Crippen molar-refractivity contribution < 1.29 is 18.3 Å². The smallest absolute Gasteiger partial charge is 0.129 e. The van der Waals surface area contributed by atoms with Crippen LogP contribution in [0.4, 0.5) is 8.78 Å². The summed E-state index contributed by atoms with van der Waals surface area (Å²) in [6.45, 7) is 2.52. The molecule has 1 aliphatic heterocycles.